The monoisotopic (exact) mass is 218 g/mol. The first-order chi connectivity index (χ1) is 7.02. The van der Waals surface area contributed by atoms with E-state index in [-0.39, 0.29) is 6.79 Å². The maximum Gasteiger partial charge on any atom is 0.325 e. The van der Waals surface area contributed by atoms with Crippen LogP contribution in [0.1, 0.15) is 13.8 Å². The first-order valence-electron chi connectivity index (χ1n) is 4.70. The Hall–Kier alpha value is -1.14. The zero-order valence-corrected chi connectivity index (χ0v) is 9.49. The number of hydrogen-bond acceptors (Lipinski definition) is 6. The fourth-order valence-corrected chi connectivity index (χ4v) is 0.631. The number of ether oxygens (including phenoxy) is 2. The Kier molecular flexibility index (Phi) is 6.64. The Balaban J connectivity index is 3.70. The lowest BCUT2D eigenvalue weighted by Gasteiger charge is -2.12. The summed E-state index contributed by atoms with van der Waals surface area (Å²) < 4.78 is 9.38. The highest BCUT2D eigenvalue weighted by Crippen LogP contribution is 1.91. The van der Waals surface area contributed by atoms with Crippen LogP contribution in [-0.4, -0.2) is 44.9 Å². The minimum absolute atomic E-state index is 0.351. The topological polar surface area (TPSA) is 76.7 Å². The molecule has 2 N–H and O–H groups in total. The van der Waals surface area contributed by atoms with Gasteiger partial charge < -0.3 is 20.1 Å². The molecule has 88 valence electrons. The predicted octanol–water partition coefficient (Wildman–Crippen LogP) is -0.754. The molecule has 0 radical (unpaired) electrons. The molecule has 0 fully saturated rings. The number of rotatable bonds is 6. The summed E-state index contributed by atoms with van der Waals surface area (Å²) in [6, 6.07) is -0.823. The van der Waals surface area contributed by atoms with Crippen LogP contribution in [0.15, 0.2) is 0 Å². The van der Waals surface area contributed by atoms with Crippen molar-refractivity contribution in [2.75, 3.05) is 20.9 Å². The van der Waals surface area contributed by atoms with Gasteiger partial charge >= 0.3 is 11.9 Å². The molecule has 2 atom stereocenters. The standard InChI is InChI=1S/C9H18N2O4/c1-6(10-3)8(12)14-5-15-9(13)7(2)11-4/h6-7,10-11H,5H2,1-4H3. The number of carbonyl (C=O) groups excluding carboxylic acids is 2. The molecule has 0 bridgehead atoms. The number of nitrogens with one attached hydrogen (secondary N) is 2. The normalized spacial score (nSPS) is 14.1. The van der Waals surface area contributed by atoms with Crippen molar-refractivity contribution in [3.05, 3.63) is 0 Å². The molecular weight excluding hydrogens is 200 g/mol. The minimum atomic E-state index is -0.456. The van der Waals surface area contributed by atoms with Gasteiger partial charge in [-0.05, 0) is 27.9 Å². The zero-order valence-electron chi connectivity index (χ0n) is 9.49. The van der Waals surface area contributed by atoms with Crippen LogP contribution in [0.4, 0.5) is 0 Å². The van der Waals surface area contributed by atoms with E-state index in [1.54, 1.807) is 27.9 Å². The molecule has 6 heteroatoms. The molecule has 0 aliphatic heterocycles. The van der Waals surface area contributed by atoms with Crippen LogP contribution in [0.2, 0.25) is 0 Å². The van der Waals surface area contributed by atoms with Crippen LogP contribution >= 0.6 is 0 Å². The average molecular weight is 218 g/mol. The summed E-state index contributed by atoms with van der Waals surface area (Å²) in [7, 11) is 3.28. The van der Waals surface area contributed by atoms with E-state index in [2.05, 4.69) is 20.1 Å². The SMILES string of the molecule is CNC(C)C(=O)OCOC(=O)C(C)NC. The van der Waals surface area contributed by atoms with E-state index in [0.717, 1.165) is 0 Å². The molecule has 0 aliphatic rings. The van der Waals surface area contributed by atoms with Crippen molar-refractivity contribution in [3.8, 4) is 0 Å². The van der Waals surface area contributed by atoms with Crippen molar-refractivity contribution >= 4 is 11.9 Å². The summed E-state index contributed by atoms with van der Waals surface area (Å²) in [5.41, 5.74) is 0. The molecule has 0 amide bonds. The lowest BCUT2D eigenvalue weighted by molar-refractivity contribution is -0.169. The van der Waals surface area contributed by atoms with Gasteiger partial charge in [0, 0.05) is 0 Å². The van der Waals surface area contributed by atoms with Crippen molar-refractivity contribution in [3.63, 3.8) is 0 Å². The van der Waals surface area contributed by atoms with Gasteiger partial charge in [0.15, 0.2) is 0 Å². The second kappa shape index (κ2) is 7.19. The fourth-order valence-electron chi connectivity index (χ4n) is 0.631. The summed E-state index contributed by atoms with van der Waals surface area (Å²) in [5, 5.41) is 5.42. The predicted molar refractivity (Wildman–Crippen MR) is 54.1 cm³/mol. The van der Waals surface area contributed by atoms with Crippen molar-refractivity contribution in [2.45, 2.75) is 25.9 Å². The van der Waals surface area contributed by atoms with Crippen LogP contribution in [0, 0.1) is 0 Å². The molecule has 0 aromatic carbocycles. The van der Waals surface area contributed by atoms with E-state index in [4.69, 9.17) is 0 Å². The summed E-state index contributed by atoms with van der Waals surface area (Å²) >= 11 is 0. The molecule has 0 aromatic rings. The van der Waals surface area contributed by atoms with Crippen LogP contribution in [0.3, 0.4) is 0 Å². The summed E-state index contributed by atoms with van der Waals surface area (Å²) in [5.74, 6) is -0.912. The van der Waals surface area contributed by atoms with Gasteiger partial charge in [-0.15, -0.1) is 0 Å². The molecular formula is C9H18N2O4. The molecule has 0 spiro atoms. The molecule has 0 saturated carbocycles. The van der Waals surface area contributed by atoms with Crippen molar-refractivity contribution in [1.82, 2.24) is 10.6 Å². The van der Waals surface area contributed by atoms with E-state index < -0.39 is 24.0 Å². The van der Waals surface area contributed by atoms with Gasteiger partial charge in [-0.25, -0.2) is 0 Å². The van der Waals surface area contributed by atoms with Crippen LogP contribution in [0.5, 0.6) is 0 Å². The Bertz CT molecular complexity index is 198. The minimum Gasteiger partial charge on any atom is -0.427 e. The van der Waals surface area contributed by atoms with Gasteiger partial charge in [-0.3, -0.25) is 9.59 Å². The van der Waals surface area contributed by atoms with Gasteiger partial charge in [-0.1, -0.05) is 0 Å². The van der Waals surface area contributed by atoms with E-state index in [0.29, 0.717) is 0 Å². The van der Waals surface area contributed by atoms with Gasteiger partial charge in [0.25, 0.3) is 0 Å². The van der Waals surface area contributed by atoms with E-state index in [9.17, 15) is 9.59 Å². The Labute approximate surface area is 89.3 Å². The van der Waals surface area contributed by atoms with E-state index in [1.165, 1.54) is 0 Å². The van der Waals surface area contributed by atoms with Crippen LogP contribution in [0.25, 0.3) is 0 Å². The van der Waals surface area contributed by atoms with Crippen molar-refractivity contribution < 1.29 is 19.1 Å². The number of carbonyl (C=O) groups is 2. The molecule has 0 rings (SSSR count). The number of likely N-dealkylation sites (N-methyl/N-ethyl adjacent to an activating group) is 2. The molecule has 6 nitrogen and oxygen atoms in total. The maximum atomic E-state index is 11.1. The van der Waals surface area contributed by atoms with Gasteiger partial charge in [0.05, 0.1) is 0 Å². The Morgan fingerprint density at radius 1 is 1.00 bits per heavy atom. The average Bonchev–Trinajstić information content (AvgIpc) is 2.26. The maximum absolute atomic E-state index is 11.1. The zero-order chi connectivity index (χ0) is 11.8. The van der Waals surface area contributed by atoms with Crippen LogP contribution < -0.4 is 10.6 Å². The second-order valence-corrected chi connectivity index (χ2v) is 3.07. The van der Waals surface area contributed by atoms with Crippen LogP contribution in [-0.2, 0) is 19.1 Å². The Morgan fingerprint density at radius 2 is 1.33 bits per heavy atom. The van der Waals surface area contributed by atoms with E-state index in [1.807, 2.05) is 0 Å². The van der Waals surface area contributed by atoms with Crippen molar-refractivity contribution in [1.29, 1.82) is 0 Å². The third-order valence-electron chi connectivity index (χ3n) is 1.98. The fraction of sp³-hybridized carbons (Fsp3) is 0.778. The summed E-state index contributed by atoms with van der Waals surface area (Å²) in [4.78, 5) is 22.2. The van der Waals surface area contributed by atoms with Crippen molar-refractivity contribution in [2.24, 2.45) is 0 Å². The number of esters is 2. The highest BCUT2D eigenvalue weighted by molar-refractivity contribution is 5.76. The summed E-state index contributed by atoms with van der Waals surface area (Å²) in [6.07, 6.45) is 0. The molecule has 0 aromatic heterocycles. The van der Waals surface area contributed by atoms with Gasteiger partial charge in [0.2, 0.25) is 6.79 Å². The first-order valence-corrected chi connectivity index (χ1v) is 4.70. The highest BCUT2D eigenvalue weighted by atomic mass is 16.7. The molecule has 15 heavy (non-hydrogen) atoms. The third kappa shape index (κ3) is 5.34. The lowest BCUT2D eigenvalue weighted by Crippen LogP contribution is -2.35. The lowest BCUT2D eigenvalue weighted by atomic mass is 10.3. The van der Waals surface area contributed by atoms with Gasteiger partial charge in [0.1, 0.15) is 12.1 Å². The molecule has 0 aliphatic carbocycles. The highest BCUT2D eigenvalue weighted by Gasteiger charge is 2.14. The largest absolute Gasteiger partial charge is 0.427 e. The third-order valence-corrected chi connectivity index (χ3v) is 1.98. The second-order valence-electron chi connectivity index (χ2n) is 3.07. The molecule has 2 unspecified atom stereocenters. The van der Waals surface area contributed by atoms with Gasteiger partial charge in [-0.2, -0.15) is 0 Å². The Morgan fingerprint density at radius 3 is 1.60 bits per heavy atom. The smallest absolute Gasteiger partial charge is 0.325 e. The quantitative estimate of drug-likeness (QED) is 0.451. The summed E-state index contributed by atoms with van der Waals surface area (Å²) in [6.45, 7) is 2.95. The molecule has 0 saturated heterocycles. The molecule has 0 heterocycles. The first kappa shape index (κ1) is 13.9. The van der Waals surface area contributed by atoms with E-state index >= 15 is 0 Å². The number of hydrogen-bond donors (Lipinski definition) is 2.